The first-order valence-corrected chi connectivity index (χ1v) is 7.31. The Morgan fingerprint density at radius 3 is 2.80 bits per heavy atom. The number of anilines is 1. The lowest BCUT2D eigenvalue weighted by Gasteiger charge is -2.15. The van der Waals surface area contributed by atoms with Crippen molar-refractivity contribution in [2.45, 2.75) is 25.7 Å². The van der Waals surface area contributed by atoms with E-state index in [0.717, 1.165) is 25.7 Å². The van der Waals surface area contributed by atoms with Crippen LogP contribution in [0.25, 0.3) is 0 Å². The minimum absolute atomic E-state index is 0.0568. The van der Waals surface area contributed by atoms with Crippen LogP contribution in [0.4, 0.5) is 5.69 Å². The van der Waals surface area contributed by atoms with Gasteiger partial charge in [-0.25, -0.2) is 0 Å². The molecule has 1 amide bonds. The van der Waals surface area contributed by atoms with Gasteiger partial charge in [-0.2, -0.15) is 0 Å². The Morgan fingerprint density at radius 1 is 1.35 bits per heavy atom. The lowest BCUT2D eigenvalue weighted by atomic mass is 10.1. The van der Waals surface area contributed by atoms with Crippen LogP contribution in [-0.2, 0) is 9.53 Å². The first-order chi connectivity index (χ1) is 9.72. The fourth-order valence-corrected chi connectivity index (χ4v) is 2.63. The lowest BCUT2D eigenvalue weighted by molar-refractivity contribution is -0.119. The second kappa shape index (κ2) is 7.50. The van der Waals surface area contributed by atoms with Gasteiger partial charge in [-0.1, -0.05) is 30.5 Å². The van der Waals surface area contributed by atoms with Gasteiger partial charge in [0, 0.05) is 13.0 Å². The molecule has 20 heavy (non-hydrogen) atoms. The fourth-order valence-electron chi connectivity index (χ4n) is 2.40. The highest BCUT2D eigenvalue weighted by molar-refractivity contribution is 6.32. The van der Waals surface area contributed by atoms with Gasteiger partial charge in [0.25, 0.3) is 0 Å². The Morgan fingerprint density at radius 2 is 2.10 bits per heavy atom. The lowest BCUT2D eigenvalue weighted by Crippen LogP contribution is -2.21. The molecule has 0 bridgehead atoms. The minimum atomic E-state index is 0.0568. The molecule has 0 atom stereocenters. The molecule has 0 unspecified atom stereocenters. The van der Waals surface area contributed by atoms with Crippen LogP contribution in [0.2, 0.25) is 5.02 Å². The Balaban J connectivity index is 2.05. The smallest absolute Gasteiger partial charge is 0.227 e. The van der Waals surface area contributed by atoms with E-state index in [0.29, 0.717) is 29.7 Å². The number of hydrogen-bond acceptors (Lipinski definition) is 3. The number of ether oxygens (including phenoxy) is 2. The van der Waals surface area contributed by atoms with Crippen molar-refractivity contribution < 1.29 is 14.3 Å². The number of methoxy groups -OCH3 is 1. The van der Waals surface area contributed by atoms with Crippen molar-refractivity contribution in [2.24, 2.45) is 5.92 Å². The van der Waals surface area contributed by atoms with Crippen LogP contribution in [0.5, 0.6) is 5.75 Å². The highest BCUT2D eigenvalue weighted by Crippen LogP contribution is 2.34. The van der Waals surface area contributed by atoms with Gasteiger partial charge in [-0.05, 0) is 25.0 Å². The summed E-state index contributed by atoms with van der Waals surface area (Å²) in [7, 11) is 1.61. The second-order valence-electron chi connectivity index (χ2n) is 4.93. The van der Waals surface area contributed by atoms with Gasteiger partial charge in [-0.15, -0.1) is 0 Å². The number of carbonyl (C=O) groups is 1. The average Bonchev–Trinajstić information content (AvgIpc) is 2.96. The van der Waals surface area contributed by atoms with Gasteiger partial charge < -0.3 is 14.8 Å². The second-order valence-corrected chi connectivity index (χ2v) is 5.34. The molecule has 110 valence electrons. The maximum absolute atomic E-state index is 12.2. The molecule has 0 radical (unpaired) electrons. The molecule has 5 heteroatoms. The summed E-state index contributed by atoms with van der Waals surface area (Å²) in [5.74, 6) is 0.680. The summed E-state index contributed by atoms with van der Waals surface area (Å²) in [5, 5.41) is 3.42. The van der Waals surface area contributed by atoms with Crippen molar-refractivity contribution in [3.63, 3.8) is 0 Å². The van der Waals surface area contributed by atoms with E-state index >= 15 is 0 Å². The van der Waals surface area contributed by atoms with Gasteiger partial charge in [0.1, 0.15) is 6.61 Å². The van der Waals surface area contributed by atoms with Crippen molar-refractivity contribution in [1.82, 2.24) is 0 Å². The summed E-state index contributed by atoms with van der Waals surface area (Å²) >= 11 is 6.13. The number of rotatable bonds is 6. The van der Waals surface area contributed by atoms with Crippen LogP contribution < -0.4 is 10.1 Å². The van der Waals surface area contributed by atoms with Crippen LogP contribution >= 0.6 is 11.6 Å². The highest BCUT2D eigenvalue weighted by Gasteiger charge is 2.23. The molecule has 1 aliphatic carbocycles. The molecule has 0 aromatic heterocycles. The van der Waals surface area contributed by atoms with Crippen molar-refractivity contribution in [3.05, 3.63) is 23.2 Å². The Hall–Kier alpha value is -1.26. The minimum Gasteiger partial charge on any atom is -0.487 e. The van der Waals surface area contributed by atoms with E-state index in [1.165, 1.54) is 0 Å². The number of nitrogens with one attached hydrogen (secondary N) is 1. The van der Waals surface area contributed by atoms with E-state index in [9.17, 15) is 4.79 Å². The average molecular weight is 298 g/mol. The quantitative estimate of drug-likeness (QED) is 0.818. The van der Waals surface area contributed by atoms with Crippen molar-refractivity contribution in [3.8, 4) is 5.75 Å². The van der Waals surface area contributed by atoms with Gasteiger partial charge in [0.2, 0.25) is 5.91 Å². The summed E-state index contributed by atoms with van der Waals surface area (Å²) in [6, 6.07) is 5.35. The zero-order valence-electron chi connectivity index (χ0n) is 11.7. The molecule has 4 nitrogen and oxygen atoms in total. The Bertz CT molecular complexity index is 458. The monoisotopic (exact) mass is 297 g/mol. The number of benzene rings is 1. The zero-order valence-corrected chi connectivity index (χ0v) is 12.4. The molecule has 0 heterocycles. The number of para-hydroxylation sites is 1. The van der Waals surface area contributed by atoms with E-state index in [1.54, 1.807) is 25.3 Å². The Labute approximate surface area is 124 Å². The topological polar surface area (TPSA) is 47.6 Å². The van der Waals surface area contributed by atoms with E-state index < -0.39 is 0 Å². The van der Waals surface area contributed by atoms with Gasteiger partial charge >= 0.3 is 0 Å². The molecule has 1 aromatic rings. The van der Waals surface area contributed by atoms with E-state index in [2.05, 4.69) is 5.32 Å². The standard InChI is InChI=1S/C15H20ClNO3/c1-19-9-10-20-14-12(16)7-4-8-13(14)17-15(18)11-5-2-3-6-11/h4,7-8,11H,2-3,5-6,9-10H2,1H3,(H,17,18). The SMILES string of the molecule is COCCOc1c(Cl)cccc1NC(=O)C1CCCC1. The summed E-state index contributed by atoms with van der Waals surface area (Å²) in [5.41, 5.74) is 0.630. The maximum Gasteiger partial charge on any atom is 0.227 e. The summed E-state index contributed by atoms with van der Waals surface area (Å²) in [6.07, 6.45) is 4.19. The number of amides is 1. The van der Waals surface area contributed by atoms with Crippen molar-refractivity contribution in [2.75, 3.05) is 25.6 Å². The normalized spacial score (nSPS) is 15.3. The molecule has 1 aromatic carbocycles. The molecule has 1 aliphatic rings. The van der Waals surface area contributed by atoms with E-state index in [-0.39, 0.29) is 11.8 Å². The molecular formula is C15H20ClNO3. The number of carbonyl (C=O) groups excluding carboxylic acids is 1. The maximum atomic E-state index is 12.2. The van der Waals surface area contributed by atoms with Gasteiger partial charge in [0.15, 0.2) is 5.75 Å². The van der Waals surface area contributed by atoms with Gasteiger partial charge in [0.05, 0.1) is 17.3 Å². The first kappa shape index (κ1) is 15.1. The zero-order chi connectivity index (χ0) is 14.4. The van der Waals surface area contributed by atoms with Crippen LogP contribution in [0.3, 0.4) is 0 Å². The van der Waals surface area contributed by atoms with Crippen molar-refractivity contribution in [1.29, 1.82) is 0 Å². The Kier molecular flexibility index (Phi) is 5.68. The summed E-state index contributed by atoms with van der Waals surface area (Å²) in [4.78, 5) is 12.2. The van der Waals surface area contributed by atoms with Crippen molar-refractivity contribution >= 4 is 23.2 Å². The highest BCUT2D eigenvalue weighted by atomic mass is 35.5. The van der Waals surface area contributed by atoms with E-state index in [1.807, 2.05) is 0 Å². The molecular weight excluding hydrogens is 278 g/mol. The molecule has 0 spiro atoms. The van der Waals surface area contributed by atoms with E-state index in [4.69, 9.17) is 21.1 Å². The summed E-state index contributed by atoms with van der Waals surface area (Å²) in [6.45, 7) is 0.869. The molecule has 1 saturated carbocycles. The molecule has 2 rings (SSSR count). The number of halogens is 1. The third-order valence-electron chi connectivity index (χ3n) is 3.48. The third kappa shape index (κ3) is 3.87. The first-order valence-electron chi connectivity index (χ1n) is 6.93. The third-order valence-corrected chi connectivity index (χ3v) is 3.78. The molecule has 0 aliphatic heterocycles. The van der Waals surface area contributed by atoms with Crippen LogP contribution in [0.1, 0.15) is 25.7 Å². The largest absolute Gasteiger partial charge is 0.487 e. The van der Waals surface area contributed by atoms with Crippen LogP contribution in [0, 0.1) is 5.92 Å². The molecule has 1 N–H and O–H groups in total. The predicted octanol–water partition coefficient (Wildman–Crippen LogP) is 3.49. The van der Waals surface area contributed by atoms with Gasteiger partial charge in [-0.3, -0.25) is 4.79 Å². The summed E-state index contributed by atoms with van der Waals surface area (Å²) < 4.78 is 10.6. The molecule has 0 saturated heterocycles. The predicted molar refractivity (Wildman–Crippen MR) is 79.4 cm³/mol. The van der Waals surface area contributed by atoms with Crippen LogP contribution in [-0.4, -0.2) is 26.2 Å². The number of hydrogen-bond donors (Lipinski definition) is 1. The fraction of sp³-hybridized carbons (Fsp3) is 0.533. The molecule has 1 fully saturated rings. The van der Waals surface area contributed by atoms with Crippen LogP contribution in [0.15, 0.2) is 18.2 Å².